The van der Waals surface area contributed by atoms with Crippen LogP contribution < -0.4 is 0 Å². The first-order valence-electron chi connectivity index (χ1n) is 7.97. The van der Waals surface area contributed by atoms with Crippen LogP contribution in [-0.2, 0) is 5.41 Å². The third-order valence-electron chi connectivity index (χ3n) is 5.34. The van der Waals surface area contributed by atoms with Crippen molar-refractivity contribution in [3.05, 3.63) is 42.2 Å². The lowest BCUT2D eigenvalue weighted by Gasteiger charge is -2.43. The van der Waals surface area contributed by atoms with Gasteiger partial charge in [-0.1, -0.05) is 61.3 Å². The molecule has 0 N–H and O–H groups in total. The highest BCUT2D eigenvalue weighted by Crippen LogP contribution is 2.46. The van der Waals surface area contributed by atoms with Crippen LogP contribution in [0.2, 0.25) is 0 Å². The van der Waals surface area contributed by atoms with Gasteiger partial charge in [-0.3, -0.25) is 4.98 Å². The topological polar surface area (TPSA) is 12.9 Å². The summed E-state index contributed by atoms with van der Waals surface area (Å²) in [6.45, 7) is 7.19. The summed E-state index contributed by atoms with van der Waals surface area (Å²) in [4.78, 5) is 4.97. The Labute approximate surface area is 136 Å². The number of pyridine rings is 1. The van der Waals surface area contributed by atoms with E-state index in [-0.39, 0.29) is 5.41 Å². The van der Waals surface area contributed by atoms with Gasteiger partial charge in [0.15, 0.2) is 0 Å². The summed E-state index contributed by atoms with van der Waals surface area (Å²) in [7, 11) is 0. The van der Waals surface area contributed by atoms with Crippen molar-refractivity contribution < 1.29 is 0 Å². The van der Waals surface area contributed by atoms with Crippen LogP contribution >= 0.6 is 15.9 Å². The second kappa shape index (κ2) is 5.72. The Hall–Kier alpha value is -0.890. The number of nitrogens with zero attached hydrogens (tertiary/aromatic N) is 1. The van der Waals surface area contributed by atoms with E-state index in [9.17, 15) is 0 Å². The number of fused-ring (bicyclic) bond motifs is 1. The molecule has 0 amide bonds. The Balaban J connectivity index is 2.04. The molecular formula is C19H24BrN. The van der Waals surface area contributed by atoms with Crippen molar-refractivity contribution in [2.45, 2.75) is 50.3 Å². The molecule has 21 heavy (non-hydrogen) atoms. The van der Waals surface area contributed by atoms with E-state index in [1.807, 2.05) is 12.4 Å². The highest BCUT2D eigenvalue weighted by atomic mass is 79.9. The number of hydrogen-bond donors (Lipinski definition) is 0. The van der Waals surface area contributed by atoms with Gasteiger partial charge in [0.2, 0.25) is 0 Å². The zero-order valence-electron chi connectivity index (χ0n) is 13.1. The third-order valence-corrected chi connectivity index (χ3v) is 6.35. The molecule has 0 spiro atoms. The van der Waals surface area contributed by atoms with E-state index in [0.29, 0.717) is 10.7 Å². The average molecular weight is 346 g/mol. The summed E-state index contributed by atoms with van der Waals surface area (Å²) >= 11 is 3.98. The van der Waals surface area contributed by atoms with Gasteiger partial charge < -0.3 is 0 Å². The van der Waals surface area contributed by atoms with E-state index < -0.39 is 0 Å². The highest BCUT2D eigenvalue weighted by Gasteiger charge is 2.39. The Morgan fingerprint density at radius 1 is 1.19 bits per heavy atom. The molecule has 1 nitrogen and oxygen atoms in total. The van der Waals surface area contributed by atoms with Crippen LogP contribution in [0, 0.1) is 11.8 Å². The zero-order valence-corrected chi connectivity index (χ0v) is 14.7. The molecule has 1 saturated carbocycles. The number of aromatic nitrogens is 1. The molecule has 2 heteroatoms. The summed E-state index contributed by atoms with van der Waals surface area (Å²) in [5.41, 5.74) is 1.61. The maximum absolute atomic E-state index is 4.35. The molecule has 1 aliphatic carbocycles. The molecule has 0 radical (unpaired) electrons. The first kappa shape index (κ1) is 15.0. The van der Waals surface area contributed by atoms with Crippen LogP contribution in [0.3, 0.4) is 0 Å². The fourth-order valence-electron chi connectivity index (χ4n) is 4.00. The number of alkyl halides is 1. The maximum Gasteiger partial charge on any atom is 0.0349 e. The van der Waals surface area contributed by atoms with Crippen LogP contribution in [0.25, 0.3) is 10.8 Å². The highest BCUT2D eigenvalue weighted by molar-refractivity contribution is 9.09. The molecule has 3 unspecified atom stereocenters. The monoisotopic (exact) mass is 345 g/mol. The molecule has 1 aromatic heterocycles. The number of halogens is 1. The first-order chi connectivity index (χ1) is 10.00. The van der Waals surface area contributed by atoms with Gasteiger partial charge in [0.25, 0.3) is 0 Å². The SMILES string of the molecule is CC1CCC(C(C)(C)c2cccc3ccncc23)C(Br)C1. The molecule has 0 aliphatic heterocycles. The molecule has 0 bridgehead atoms. The van der Waals surface area contributed by atoms with E-state index in [4.69, 9.17) is 0 Å². The lowest BCUT2D eigenvalue weighted by atomic mass is 9.65. The molecule has 1 heterocycles. The Morgan fingerprint density at radius 2 is 2.00 bits per heavy atom. The van der Waals surface area contributed by atoms with Gasteiger partial charge in [-0.15, -0.1) is 0 Å². The predicted molar refractivity (Wildman–Crippen MR) is 94.0 cm³/mol. The fourth-order valence-corrected chi connectivity index (χ4v) is 5.56. The molecule has 1 aromatic carbocycles. The van der Waals surface area contributed by atoms with Gasteiger partial charge in [-0.05, 0) is 47.1 Å². The smallest absolute Gasteiger partial charge is 0.0349 e. The van der Waals surface area contributed by atoms with E-state index in [1.54, 1.807) is 0 Å². The van der Waals surface area contributed by atoms with Crippen molar-refractivity contribution in [3.8, 4) is 0 Å². The van der Waals surface area contributed by atoms with Crippen molar-refractivity contribution in [1.82, 2.24) is 4.98 Å². The second-order valence-electron chi connectivity index (χ2n) is 7.16. The zero-order chi connectivity index (χ0) is 15.0. The molecule has 1 aliphatic rings. The average Bonchev–Trinajstić information content (AvgIpc) is 2.46. The summed E-state index contributed by atoms with van der Waals surface area (Å²) in [5, 5.41) is 2.61. The van der Waals surface area contributed by atoms with E-state index in [1.165, 1.54) is 35.6 Å². The molecule has 0 saturated heterocycles. The minimum atomic E-state index is 0.164. The minimum absolute atomic E-state index is 0.164. The Bertz CT molecular complexity index is 629. The first-order valence-corrected chi connectivity index (χ1v) is 8.89. The van der Waals surface area contributed by atoms with Gasteiger partial charge in [-0.25, -0.2) is 0 Å². The molecule has 2 aromatic rings. The van der Waals surface area contributed by atoms with Crippen molar-refractivity contribution in [2.75, 3.05) is 0 Å². The van der Waals surface area contributed by atoms with Crippen LogP contribution in [-0.4, -0.2) is 9.81 Å². The fraction of sp³-hybridized carbons (Fsp3) is 0.526. The molecule has 1 fully saturated rings. The summed E-state index contributed by atoms with van der Waals surface area (Å²) in [6, 6.07) is 8.78. The molecule has 3 rings (SSSR count). The number of hydrogen-bond acceptors (Lipinski definition) is 1. The normalized spacial score (nSPS) is 27.0. The number of rotatable bonds is 2. The van der Waals surface area contributed by atoms with E-state index in [2.05, 4.69) is 66.0 Å². The summed E-state index contributed by atoms with van der Waals surface area (Å²) in [6.07, 6.45) is 7.85. The predicted octanol–water partition coefficient (Wildman–Crippen LogP) is 5.71. The van der Waals surface area contributed by atoms with Crippen molar-refractivity contribution in [3.63, 3.8) is 0 Å². The Morgan fingerprint density at radius 3 is 2.76 bits per heavy atom. The minimum Gasteiger partial charge on any atom is -0.264 e. The molecule has 3 atom stereocenters. The summed E-state index contributed by atoms with van der Waals surface area (Å²) in [5.74, 6) is 1.52. The van der Waals surface area contributed by atoms with Crippen LogP contribution in [0.15, 0.2) is 36.7 Å². The van der Waals surface area contributed by atoms with Crippen molar-refractivity contribution >= 4 is 26.7 Å². The Kier molecular flexibility index (Phi) is 4.09. The van der Waals surface area contributed by atoms with Gasteiger partial charge in [-0.2, -0.15) is 0 Å². The second-order valence-corrected chi connectivity index (χ2v) is 8.34. The standard InChI is InChI=1S/C19H24BrN/c1-13-7-8-17(18(20)11-13)19(2,3)16-6-4-5-14-9-10-21-12-15(14)16/h4-6,9-10,12-13,17-18H,7-8,11H2,1-3H3. The quantitative estimate of drug-likeness (QED) is 0.635. The van der Waals surface area contributed by atoms with Gasteiger partial charge in [0.1, 0.15) is 0 Å². The lowest BCUT2D eigenvalue weighted by Crippen LogP contribution is -2.38. The third kappa shape index (κ3) is 2.75. The maximum atomic E-state index is 4.35. The van der Waals surface area contributed by atoms with Crippen LogP contribution in [0.1, 0.15) is 45.6 Å². The number of benzene rings is 1. The van der Waals surface area contributed by atoms with E-state index in [0.717, 1.165) is 5.92 Å². The lowest BCUT2D eigenvalue weighted by molar-refractivity contribution is 0.215. The van der Waals surface area contributed by atoms with Crippen LogP contribution in [0.4, 0.5) is 0 Å². The van der Waals surface area contributed by atoms with E-state index >= 15 is 0 Å². The molecule has 112 valence electrons. The largest absolute Gasteiger partial charge is 0.264 e. The summed E-state index contributed by atoms with van der Waals surface area (Å²) < 4.78 is 0. The molecular weight excluding hydrogens is 322 g/mol. The van der Waals surface area contributed by atoms with Gasteiger partial charge >= 0.3 is 0 Å². The van der Waals surface area contributed by atoms with Gasteiger partial charge in [0.05, 0.1) is 0 Å². The van der Waals surface area contributed by atoms with Crippen molar-refractivity contribution in [1.29, 1.82) is 0 Å². The van der Waals surface area contributed by atoms with Crippen LogP contribution in [0.5, 0.6) is 0 Å². The van der Waals surface area contributed by atoms with Crippen molar-refractivity contribution in [2.24, 2.45) is 11.8 Å². The van der Waals surface area contributed by atoms with Gasteiger partial charge in [0, 0.05) is 22.6 Å².